The molecule has 5 rings (SSSR count). The molecule has 1 aliphatic carbocycles. The summed E-state index contributed by atoms with van der Waals surface area (Å²) in [4.78, 5) is 26.9. The minimum absolute atomic E-state index is 0.136. The maximum atomic E-state index is 12.6. The third kappa shape index (κ3) is 3.09. The third-order valence-corrected chi connectivity index (χ3v) is 5.46. The van der Waals surface area contributed by atoms with Gasteiger partial charge in [-0.2, -0.15) is 0 Å². The Balaban J connectivity index is 1.30. The van der Waals surface area contributed by atoms with E-state index in [1.165, 1.54) is 0 Å². The molecule has 0 unspecified atom stereocenters. The summed E-state index contributed by atoms with van der Waals surface area (Å²) in [6.45, 7) is 0.739. The van der Waals surface area contributed by atoms with E-state index in [0.717, 1.165) is 48.4 Å². The zero-order chi connectivity index (χ0) is 19.1. The maximum absolute atomic E-state index is 12.6. The van der Waals surface area contributed by atoms with Gasteiger partial charge in [-0.15, -0.1) is 0 Å². The zero-order valence-corrected chi connectivity index (χ0v) is 15.5. The highest BCUT2D eigenvalue weighted by Crippen LogP contribution is 2.37. The van der Waals surface area contributed by atoms with E-state index in [1.54, 1.807) is 0 Å². The van der Waals surface area contributed by atoms with Crippen LogP contribution < -0.4 is 10.2 Å². The van der Waals surface area contributed by atoms with E-state index < -0.39 is 0 Å². The highest BCUT2D eigenvalue weighted by molar-refractivity contribution is 6.05. The van der Waals surface area contributed by atoms with Gasteiger partial charge in [0.15, 0.2) is 0 Å². The van der Waals surface area contributed by atoms with Gasteiger partial charge >= 0.3 is 0 Å². The lowest BCUT2D eigenvalue weighted by Crippen LogP contribution is -2.30. The van der Waals surface area contributed by atoms with Crippen molar-refractivity contribution in [3.8, 4) is 5.69 Å². The minimum Gasteiger partial charge on any atom is -0.324 e. The molecule has 2 aliphatic rings. The fraction of sp³-hybridized carbons (Fsp3) is 0.217. The largest absolute Gasteiger partial charge is 0.324 e. The van der Waals surface area contributed by atoms with E-state index in [-0.39, 0.29) is 17.7 Å². The van der Waals surface area contributed by atoms with Crippen molar-refractivity contribution in [2.75, 3.05) is 16.8 Å². The summed E-state index contributed by atoms with van der Waals surface area (Å²) in [6.07, 6.45) is 6.81. The lowest BCUT2D eigenvalue weighted by atomic mass is 10.1. The van der Waals surface area contributed by atoms with Gasteiger partial charge in [0, 0.05) is 47.5 Å². The molecule has 28 heavy (non-hydrogen) atoms. The average molecular weight is 371 g/mol. The predicted octanol–water partition coefficient (Wildman–Crippen LogP) is 4.03. The van der Waals surface area contributed by atoms with Gasteiger partial charge in [-0.05, 0) is 79.4 Å². The van der Waals surface area contributed by atoms with Crippen molar-refractivity contribution in [2.24, 2.45) is 5.92 Å². The number of carbonyl (C=O) groups excluding carboxylic acids is 2. The van der Waals surface area contributed by atoms with Gasteiger partial charge in [-0.25, -0.2) is 0 Å². The van der Waals surface area contributed by atoms with Crippen LogP contribution in [-0.4, -0.2) is 22.9 Å². The summed E-state index contributed by atoms with van der Waals surface area (Å²) in [5.41, 5.74) is 4.50. The van der Waals surface area contributed by atoms with Crippen LogP contribution in [0.1, 0.15) is 28.8 Å². The number of nitrogens with zero attached hydrogens (tertiary/aromatic N) is 2. The first-order valence-corrected chi connectivity index (χ1v) is 9.68. The van der Waals surface area contributed by atoms with Gasteiger partial charge in [0.25, 0.3) is 5.91 Å². The number of hydrogen-bond acceptors (Lipinski definition) is 2. The molecular formula is C23H21N3O2. The molecule has 1 N–H and O–H groups in total. The molecule has 1 fully saturated rings. The quantitative estimate of drug-likeness (QED) is 0.753. The van der Waals surface area contributed by atoms with Gasteiger partial charge in [-0.1, -0.05) is 0 Å². The molecule has 140 valence electrons. The van der Waals surface area contributed by atoms with Crippen LogP contribution in [-0.2, 0) is 11.2 Å². The molecule has 1 saturated carbocycles. The Morgan fingerprint density at radius 3 is 2.43 bits per heavy atom. The highest BCUT2D eigenvalue weighted by atomic mass is 16.2. The molecule has 0 atom stereocenters. The van der Waals surface area contributed by atoms with Crippen LogP contribution in [0.5, 0.6) is 0 Å². The first-order valence-electron chi connectivity index (χ1n) is 9.68. The van der Waals surface area contributed by atoms with E-state index in [1.807, 2.05) is 76.5 Å². The summed E-state index contributed by atoms with van der Waals surface area (Å²) in [5, 5.41) is 2.97. The van der Waals surface area contributed by atoms with Gasteiger partial charge in [0.05, 0.1) is 0 Å². The van der Waals surface area contributed by atoms with E-state index in [9.17, 15) is 9.59 Å². The lowest BCUT2D eigenvalue weighted by Gasteiger charge is -2.17. The van der Waals surface area contributed by atoms with Crippen LogP contribution in [0.25, 0.3) is 5.69 Å². The molecule has 1 aliphatic heterocycles. The number of rotatable bonds is 4. The van der Waals surface area contributed by atoms with Crippen LogP contribution in [0.15, 0.2) is 67.0 Å². The highest BCUT2D eigenvalue weighted by Gasteiger charge is 2.36. The molecule has 5 heteroatoms. The number of nitrogens with one attached hydrogen (secondary N) is 1. The smallest absolute Gasteiger partial charge is 0.255 e. The molecule has 1 aromatic heterocycles. The normalized spacial score (nSPS) is 15.4. The summed E-state index contributed by atoms with van der Waals surface area (Å²) >= 11 is 0. The molecule has 2 heterocycles. The molecule has 3 aromatic rings. The average Bonchev–Trinajstić information content (AvgIpc) is 3.25. The molecule has 0 spiro atoms. The van der Waals surface area contributed by atoms with Crippen molar-refractivity contribution in [2.45, 2.75) is 19.3 Å². The maximum Gasteiger partial charge on any atom is 0.255 e. The molecule has 0 saturated heterocycles. The van der Waals surface area contributed by atoms with E-state index in [0.29, 0.717) is 5.56 Å². The molecule has 0 bridgehead atoms. The number of anilines is 2. The Bertz CT molecular complexity index is 1030. The van der Waals surface area contributed by atoms with Crippen molar-refractivity contribution in [1.82, 2.24) is 4.57 Å². The number of carbonyl (C=O) groups is 2. The number of hydrogen-bond donors (Lipinski definition) is 1. The standard InChI is InChI=1S/C23H21N3O2/c27-22(16-5-8-20(9-6-16)25-12-1-2-13-25)24-19-7-10-21-18(15-19)11-14-26(21)23(28)17-3-4-17/h1-2,5-10,12-13,15,17H,3-4,11,14H2,(H,24,27). The monoisotopic (exact) mass is 371 g/mol. The second-order valence-electron chi connectivity index (χ2n) is 7.45. The lowest BCUT2D eigenvalue weighted by molar-refractivity contribution is -0.119. The van der Waals surface area contributed by atoms with Gasteiger partial charge in [0.2, 0.25) is 5.91 Å². The van der Waals surface area contributed by atoms with Crippen molar-refractivity contribution >= 4 is 23.2 Å². The minimum atomic E-state index is -0.136. The van der Waals surface area contributed by atoms with Crippen molar-refractivity contribution in [3.05, 3.63) is 78.1 Å². The van der Waals surface area contributed by atoms with Crippen LogP contribution in [0.4, 0.5) is 11.4 Å². The summed E-state index contributed by atoms with van der Waals surface area (Å²) < 4.78 is 2.00. The molecule has 0 radical (unpaired) electrons. The Kier molecular flexibility index (Phi) is 4.01. The van der Waals surface area contributed by atoms with Crippen molar-refractivity contribution in [1.29, 1.82) is 0 Å². The first kappa shape index (κ1) is 16.8. The van der Waals surface area contributed by atoms with Gasteiger partial charge in [0.1, 0.15) is 0 Å². The van der Waals surface area contributed by atoms with E-state index in [2.05, 4.69) is 5.32 Å². The second-order valence-corrected chi connectivity index (χ2v) is 7.45. The SMILES string of the molecule is O=C(Nc1ccc2c(c1)CCN2C(=O)C1CC1)c1ccc(-n2cccc2)cc1. The summed E-state index contributed by atoms with van der Waals surface area (Å²) in [6, 6.07) is 17.3. The zero-order valence-electron chi connectivity index (χ0n) is 15.5. The molecule has 5 nitrogen and oxygen atoms in total. The summed E-state index contributed by atoms with van der Waals surface area (Å²) in [7, 11) is 0. The predicted molar refractivity (Wildman–Crippen MR) is 109 cm³/mol. The summed E-state index contributed by atoms with van der Waals surface area (Å²) in [5.74, 6) is 0.334. The Morgan fingerprint density at radius 1 is 0.964 bits per heavy atom. The number of benzene rings is 2. The molecule has 2 amide bonds. The topological polar surface area (TPSA) is 54.3 Å². The van der Waals surface area contributed by atoms with Crippen molar-refractivity contribution in [3.63, 3.8) is 0 Å². The number of amides is 2. The van der Waals surface area contributed by atoms with Crippen LogP contribution in [0, 0.1) is 5.92 Å². The Hall–Kier alpha value is -3.34. The number of fused-ring (bicyclic) bond motifs is 1. The van der Waals surface area contributed by atoms with Crippen molar-refractivity contribution < 1.29 is 9.59 Å². The van der Waals surface area contributed by atoms with E-state index in [4.69, 9.17) is 0 Å². The van der Waals surface area contributed by atoms with E-state index >= 15 is 0 Å². The Labute approximate surface area is 163 Å². The third-order valence-electron chi connectivity index (χ3n) is 5.46. The Morgan fingerprint density at radius 2 is 1.71 bits per heavy atom. The van der Waals surface area contributed by atoms with Crippen LogP contribution in [0.2, 0.25) is 0 Å². The second kappa shape index (κ2) is 6.68. The fourth-order valence-electron chi connectivity index (χ4n) is 3.75. The first-order chi connectivity index (χ1) is 13.7. The van der Waals surface area contributed by atoms with Gasteiger partial charge < -0.3 is 14.8 Å². The molecule has 2 aromatic carbocycles. The van der Waals surface area contributed by atoms with Gasteiger partial charge in [-0.3, -0.25) is 9.59 Å². The van der Waals surface area contributed by atoms with Crippen LogP contribution in [0.3, 0.4) is 0 Å². The van der Waals surface area contributed by atoms with Crippen LogP contribution >= 0.6 is 0 Å². The molecular weight excluding hydrogens is 350 g/mol. The number of aromatic nitrogens is 1. The fourth-order valence-corrected chi connectivity index (χ4v) is 3.75.